The van der Waals surface area contributed by atoms with Crippen molar-refractivity contribution >= 4 is 17.5 Å². The van der Waals surface area contributed by atoms with Gasteiger partial charge in [-0.25, -0.2) is 4.39 Å². The van der Waals surface area contributed by atoms with Crippen LogP contribution in [0.4, 0.5) is 4.39 Å². The highest BCUT2D eigenvalue weighted by Gasteiger charge is 2.37. The summed E-state index contributed by atoms with van der Waals surface area (Å²) in [6.07, 6.45) is -0.163. The largest absolute Gasteiger partial charge is 0.373 e. The van der Waals surface area contributed by atoms with Crippen LogP contribution in [0.25, 0.3) is 0 Å². The summed E-state index contributed by atoms with van der Waals surface area (Å²) in [7, 11) is 3.95. The Labute approximate surface area is 158 Å². The minimum Gasteiger partial charge on any atom is -0.373 e. The molecule has 1 heterocycles. The zero-order valence-corrected chi connectivity index (χ0v) is 15.6. The summed E-state index contributed by atoms with van der Waals surface area (Å²) in [6.45, 7) is 1.59. The molecule has 3 rings (SSSR count). The molecule has 1 amide bonds. The van der Waals surface area contributed by atoms with Gasteiger partial charge in [-0.2, -0.15) is 0 Å². The van der Waals surface area contributed by atoms with Crippen molar-refractivity contribution in [1.29, 1.82) is 0 Å². The second-order valence-electron chi connectivity index (χ2n) is 6.65. The number of benzene rings is 2. The molecule has 26 heavy (non-hydrogen) atoms. The van der Waals surface area contributed by atoms with Gasteiger partial charge in [-0.05, 0) is 37.9 Å². The van der Waals surface area contributed by atoms with E-state index in [1.807, 2.05) is 49.3 Å². The van der Waals surface area contributed by atoms with Crippen LogP contribution in [-0.4, -0.2) is 55.6 Å². The Balaban J connectivity index is 1.98. The monoisotopic (exact) mass is 376 g/mol. The number of rotatable bonds is 4. The summed E-state index contributed by atoms with van der Waals surface area (Å²) < 4.78 is 19.4. The number of hydrogen-bond donors (Lipinski definition) is 0. The van der Waals surface area contributed by atoms with E-state index in [0.717, 1.165) is 5.56 Å². The van der Waals surface area contributed by atoms with Crippen LogP contribution in [0, 0.1) is 5.82 Å². The molecular weight excluding hydrogens is 355 g/mol. The quantitative estimate of drug-likeness (QED) is 0.817. The molecule has 0 unspecified atom stereocenters. The molecule has 138 valence electrons. The van der Waals surface area contributed by atoms with Crippen molar-refractivity contribution in [1.82, 2.24) is 9.80 Å². The lowest BCUT2D eigenvalue weighted by Crippen LogP contribution is -2.51. The topological polar surface area (TPSA) is 32.8 Å². The van der Waals surface area contributed by atoms with Crippen LogP contribution in [0.3, 0.4) is 0 Å². The van der Waals surface area contributed by atoms with E-state index in [0.29, 0.717) is 25.3 Å². The third-order valence-corrected chi connectivity index (χ3v) is 4.77. The number of halogens is 2. The molecule has 1 fully saturated rings. The zero-order valence-electron chi connectivity index (χ0n) is 14.9. The van der Waals surface area contributed by atoms with Crippen molar-refractivity contribution in [2.45, 2.75) is 12.1 Å². The van der Waals surface area contributed by atoms with E-state index in [1.165, 1.54) is 18.2 Å². The maximum atomic E-state index is 13.4. The van der Waals surface area contributed by atoms with Gasteiger partial charge in [0.05, 0.1) is 29.3 Å². The molecule has 0 N–H and O–H groups in total. The van der Waals surface area contributed by atoms with Gasteiger partial charge in [-0.15, -0.1) is 0 Å². The van der Waals surface area contributed by atoms with E-state index >= 15 is 0 Å². The van der Waals surface area contributed by atoms with Crippen molar-refractivity contribution in [3.05, 3.63) is 70.5 Å². The van der Waals surface area contributed by atoms with Crippen LogP contribution in [0.2, 0.25) is 5.02 Å². The third kappa shape index (κ3) is 4.06. The summed E-state index contributed by atoms with van der Waals surface area (Å²) in [6, 6.07) is 13.5. The van der Waals surface area contributed by atoms with E-state index in [1.54, 1.807) is 4.90 Å². The molecule has 1 saturated heterocycles. The van der Waals surface area contributed by atoms with E-state index < -0.39 is 5.82 Å². The Morgan fingerprint density at radius 1 is 1.27 bits per heavy atom. The molecule has 0 spiro atoms. The van der Waals surface area contributed by atoms with Gasteiger partial charge in [0.25, 0.3) is 5.91 Å². The number of amides is 1. The number of hydrogen-bond acceptors (Lipinski definition) is 3. The molecule has 2 atom stereocenters. The number of carbonyl (C=O) groups is 1. The Hall–Kier alpha value is -1.95. The van der Waals surface area contributed by atoms with Gasteiger partial charge in [0.2, 0.25) is 0 Å². The second-order valence-corrected chi connectivity index (χ2v) is 7.06. The molecule has 1 aliphatic heterocycles. The highest BCUT2D eigenvalue weighted by atomic mass is 35.5. The van der Waals surface area contributed by atoms with E-state index in [2.05, 4.69) is 0 Å². The summed E-state index contributed by atoms with van der Waals surface area (Å²) in [4.78, 5) is 17.0. The number of ether oxygens (including phenoxy) is 1. The van der Waals surface area contributed by atoms with Crippen LogP contribution in [-0.2, 0) is 4.74 Å². The van der Waals surface area contributed by atoms with Gasteiger partial charge in [-0.1, -0.05) is 41.9 Å². The smallest absolute Gasteiger partial charge is 0.256 e. The van der Waals surface area contributed by atoms with Crippen LogP contribution < -0.4 is 0 Å². The van der Waals surface area contributed by atoms with Gasteiger partial charge < -0.3 is 14.5 Å². The predicted octanol–water partition coefficient (Wildman–Crippen LogP) is 3.62. The zero-order chi connectivity index (χ0) is 18.7. The fourth-order valence-electron chi connectivity index (χ4n) is 3.34. The lowest BCUT2D eigenvalue weighted by molar-refractivity contribution is -0.0684. The molecule has 1 aliphatic rings. The molecular formula is C20H22ClFN2O2. The maximum absolute atomic E-state index is 13.4. The first-order chi connectivity index (χ1) is 12.5. The van der Waals surface area contributed by atoms with Gasteiger partial charge in [0, 0.05) is 13.1 Å². The minimum atomic E-state index is -0.460. The lowest BCUT2D eigenvalue weighted by Gasteiger charge is -2.42. The molecule has 0 aliphatic carbocycles. The number of nitrogens with zero attached hydrogens (tertiary/aromatic N) is 2. The number of morpholine rings is 1. The van der Waals surface area contributed by atoms with E-state index in [4.69, 9.17) is 16.3 Å². The molecule has 0 radical (unpaired) electrons. The molecule has 4 nitrogen and oxygen atoms in total. The Kier molecular flexibility index (Phi) is 5.91. The average Bonchev–Trinajstić information content (AvgIpc) is 2.61. The van der Waals surface area contributed by atoms with Crippen molar-refractivity contribution in [3.63, 3.8) is 0 Å². The van der Waals surface area contributed by atoms with Crippen LogP contribution >= 0.6 is 11.6 Å². The SMILES string of the molecule is CN(C)C[C@@H]1OCCN(C(=O)c2ccc(F)cc2Cl)[C@H]1c1ccccc1. The highest BCUT2D eigenvalue weighted by molar-refractivity contribution is 6.33. The van der Waals surface area contributed by atoms with Crippen molar-refractivity contribution in [2.24, 2.45) is 0 Å². The fourth-order valence-corrected chi connectivity index (χ4v) is 3.58. The second kappa shape index (κ2) is 8.16. The maximum Gasteiger partial charge on any atom is 0.256 e. The lowest BCUT2D eigenvalue weighted by atomic mass is 9.96. The van der Waals surface area contributed by atoms with Gasteiger partial charge >= 0.3 is 0 Å². The van der Waals surface area contributed by atoms with E-state index in [-0.39, 0.29) is 23.1 Å². The summed E-state index contributed by atoms with van der Waals surface area (Å²) in [5, 5.41) is 0.123. The molecule has 0 bridgehead atoms. The predicted molar refractivity (Wildman–Crippen MR) is 99.9 cm³/mol. The Morgan fingerprint density at radius 3 is 2.65 bits per heavy atom. The molecule has 2 aromatic carbocycles. The van der Waals surface area contributed by atoms with Crippen LogP contribution in [0.15, 0.2) is 48.5 Å². The van der Waals surface area contributed by atoms with Crippen molar-refractivity contribution < 1.29 is 13.9 Å². The number of carbonyl (C=O) groups excluding carboxylic acids is 1. The van der Waals surface area contributed by atoms with Crippen LogP contribution in [0.5, 0.6) is 0 Å². The first-order valence-electron chi connectivity index (χ1n) is 8.54. The molecule has 0 saturated carbocycles. The standard InChI is InChI=1S/C20H22ClFN2O2/c1-23(2)13-18-19(14-6-4-3-5-7-14)24(10-11-26-18)20(25)16-9-8-15(22)12-17(16)21/h3-9,12,18-19H,10-11,13H2,1-2H3/t18-,19-/m0/s1. The van der Waals surface area contributed by atoms with E-state index in [9.17, 15) is 9.18 Å². The molecule has 6 heteroatoms. The van der Waals surface area contributed by atoms with Crippen molar-refractivity contribution in [3.8, 4) is 0 Å². The highest BCUT2D eigenvalue weighted by Crippen LogP contribution is 2.32. The Morgan fingerprint density at radius 2 is 2.00 bits per heavy atom. The normalized spacial score (nSPS) is 20.4. The van der Waals surface area contributed by atoms with Gasteiger partial charge in [0.15, 0.2) is 0 Å². The summed E-state index contributed by atoms with van der Waals surface area (Å²) in [5.41, 5.74) is 1.31. The van der Waals surface area contributed by atoms with Gasteiger partial charge in [-0.3, -0.25) is 4.79 Å². The first-order valence-corrected chi connectivity index (χ1v) is 8.92. The van der Waals surface area contributed by atoms with Crippen LogP contribution in [0.1, 0.15) is 22.0 Å². The number of likely N-dealkylation sites (N-methyl/N-ethyl adjacent to an activating group) is 1. The summed E-state index contributed by atoms with van der Waals surface area (Å²) >= 11 is 6.13. The molecule has 0 aromatic heterocycles. The third-order valence-electron chi connectivity index (χ3n) is 4.46. The Bertz CT molecular complexity index is 770. The fraction of sp³-hybridized carbons (Fsp3) is 0.350. The molecule has 2 aromatic rings. The average molecular weight is 377 g/mol. The van der Waals surface area contributed by atoms with Gasteiger partial charge in [0.1, 0.15) is 5.82 Å². The first kappa shape index (κ1) is 18.8. The summed E-state index contributed by atoms with van der Waals surface area (Å²) in [5.74, 6) is -0.672. The minimum absolute atomic E-state index is 0.123. The van der Waals surface area contributed by atoms with Crippen molar-refractivity contribution in [2.75, 3.05) is 33.8 Å².